The van der Waals surface area contributed by atoms with Crippen LogP contribution < -0.4 is 0 Å². The van der Waals surface area contributed by atoms with Gasteiger partial charge in [0.2, 0.25) is 0 Å². The number of Topliss-reactive ketones (excluding diaryl/α,β-unsaturated/α-hetero) is 1. The van der Waals surface area contributed by atoms with Crippen LogP contribution in [0.3, 0.4) is 0 Å². The van der Waals surface area contributed by atoms with Crippen LogP contribution in [0.2, 0.25) is 0 Å². The van der Waals surface area contributed by atoms with Gasteiger partial charge in [0.25, 0.3) is 0 Å². The van der Waals surface area contributed by atoms with Crippen molar-refractivity contribution in [2.24, 2.45) is 0 Å². The van der Waals surface area contributed by atoms with Gasteiger partial charge in [0.05, 0.1) is 0 Å². The van der Waals surface area contributed by atoms with Gasteiger partial charge in [0, 0.05) is 10.0 Å². The Morgan fingerprint density at radius 1 is 1.46 bits per heavy atom. The predicted molar refractivity (Wildman–Crippen MR) is 56.1 cm³/mol. The molecule has 0 amide bonds. The van der Waals surface area contributed by atoms with Crippen LogP contribution in [-0.2, 0) is 0 Å². The molecule has 2 heteroatoms. The lowest BCUT2D eigenvalue weighted by Crippen LogP contribution is -1.97. The standard InChI is InChI=1S/C11H11BrO/c1-7(13)10-5-4-9(12)6-11(10)8-2-3-8/h4-6,8H,2-3H2,1H3. The second-order valence-electron chi connectivity index (χ2n) is 3.56. The average molecular weight is 239 g/mol. The van der Waals surface area contributed by atoms with E-state index in [4.69, 9.17) is 0 Å². The Balaban J connectivity index is 2.47. The summed E-state index contributed by atoms with van der Waals surface area (Å²) in [6.07, 6.45) is 2.47. The van der Waals surface area contributed by atoms with Crippen molar-refractivity contribution in [3.8, 4) is 0 Å². The molecule has 0 N–H and O–H groups in total. The highest BCUT2D eigenvalue weighted by atomic mass is 79.9. The van der Waals surface area contributed by atoms with Crippen molar-refractivity contribution in [1.82, 2.24) is 0 Å². The molecule has 1 nitrogen and oxygen atoms in total. The molecule has 0 spiro atoms. The lowest BCUT2D eigenvalue weighted by Gasteiger charge is -2.05. The number of benzene rings is 1. The third-order valence-corrected chi connectivity index (χ3v) is 2.90. The SMILES string of the molecule is CC(=O)c1ccc(Br)cc1C1CC1. The van der Waals surface area contributed by atoms with E-state index in [9.17, 15) is 4.79 Å². The summed E-state index contributed by atoms with van der Waals surface area (Å²) in [7, 11) is 0. The number of carbonyl (C=O) groups excluding carboxylic acids is 1. The predicted octanol–water partition coefficient (Wildman–Crippen LogP) is 3.53. The van der Waals surface area contributed by atoms with E-state index in [-0.39, 0.29) is 5.78 Å². The lowest BCUT2D eigenvalue weighted by atomic mass is 10.0. The van der Waals surface area contributed by atoms with Gasteiger partial charge in [-0.25, -0.2) is 0 Å². The highest BCUT2D eigenvalue weighted by Gasteiger charge is 2.27. The zero-order valence-electron chi connectivity index (χ0n) is 7.51. The minimum atomic E-state index is 0.175. The van der Waals surface area contributed by atoms with Crippen LogP contribution in [0.1, 0.15) is 41.6 Å². The Kier molecular flexibility index (Phi) is 2.24. The number of hydrogen-bond acceptors (Lipinski definition) is 1. The van der Waals surface area contributed by atoms with Crippen LogP contribution in [0.5, 0.6) is 0 Å². The fourth-order valence-corrected chi connectivity index (χ4v) is 1.97. The van der Waals surface area contributed by atoms with E-state index in [0.717, 1.165) is 10.0 Å². The van der Waals surface area contributed by atoms with Gasteiger partial charge >= 0.3 is 0 Å². The molecule has 0 aliphatic heterocycles. The summed E-state index contributed by atoms with van der Waals surface area (Å²) in [5.74, 6) is 0.811. The average Bonchev–Trinajstić information content (AvgIpc) is 2.85. The van der Waals surface area contributed by atoms with Crippen LogP contribution in [0.25, 0.3) is 0 Å². The quantitative estimate of drug-likeness (QED) is 0.721. The van der Waals surface area contributed by atoms with E-state index in [1.54, 1.807) is 6.92 Å². The summed E-state index contributed by atoms with van der Waals surface area (Å²) in [4.78, 5) is 11.3. The maximum atomic E-state index is 11.3. The molecule has 13 heavy (non-hydrogen) atoms. The van der Waals surface area contributed by atoms with E-state index >= 15 is 0 Å². The van der Waals surface area contributed by atoms with Gasteiger partial charge < -0.3 is 0 Å². The van der Waals surface area contributed by atoms with Crippen LogP contribution in [-0.4, -0.2) is 5.78 Å². The van der Waals surface area contributed by atoms with Gasteiger partial charge in [-0.15, -0.1) is 0 Å². The van der Waals surface area contributed by atoms with E-state index in [0.29, 0.717) is 5.92 Å². The molecule has 1 aromatic rings. The Labute approximate surface area is 86.3 Å². The fraction of sp³-hybridized carbons (Fsp3) is 0.364. The molecular weight excluding hydrogens is 228 g/mol. The molecule has 68 valence electrons. The van der Waals surface area contributed by atoms with Crippen LogP contribution in [0.4, 0.5) is 0 Å². The molecule has 0 aromatic heterocycles. The van der Waals surface area contributed by atoms with Crippen LogP contribution in [0, 0.1) is 0 Å². The maximum Gasteiger partial charge on any atom is 0.160 e. The van der Waals surface area contributed by atoms with E-state index < -0.39 is 0 Å². The van der Waals surface area contributed by atoms with Crippen molar-refractivity contribution in [2.45, 2.75) is 25.7 Å². The zero-order valence-corrected chi connectivity index (χ0v) is 9.10. The van der Waals surface area contributed by atoms with Crippen LogP contribution in [0.15, 0.2) is 22.7 Å². The van der Waals surface area contributed by atoms with Gasteiger partial charge in [0.1, 0.15) is 0 Å². The minimum absolute atomic E-state index is 0.175. The summed E-state index contributed by atoms with van der Waals surface area (Å²) >= 11 is 3.43. The Morgan fingerprint density at radius 2 is 2.15 bits per heavy atom. The maximum absolute atomic E-state index is 11.3. The lowest BCUT2D eigenvalue weighted by molar-refractivity contribution is 0.101. The molecule has 0 radical (unpaired) electrons. The number of ketones is 1. The first-order chi connectivity index (χ1) is 6.18. The van der Waals surface area contributed by atoms with Crippen molar-refractivity contribution in [3.05, 3.63) is 33.8 Å². The third-order valence-electron chi connectivity index (χ3n) is 2.41. The molecule has 1 aliphatic carbocycles. The van der Waals surface area contributed by atoms with Gasteiger partial charge in [-0.05, 0) is 43.4 Å². The number of rotatable bonds is 2. The summed E-state index contributed by atoms with van der Waals surface area (Å²) in [5.41, 5.74) is 2.12. The second kappa shape index (κ2) is 3.26. The monoisotopic (exact) mass is 238 g/mol. The Morgan fingerprint density at radius 3 is 2.69 bits per heavy atom. The van der Waals surface area contributed by atoms with Gasteiger partial charge in [-0.2, -0.15) is 0 Å². The van der Waals surface area contributed by atoms with Crippen molar-refractivity contribution < 1.29 is 4.79 Å². The number of carbonyl (C=O) groups is 1. The minimum Gasteiger partial charge on any atom is -0.295 e. The van der Waals surface area contributed by atoms with E-state index in [1.165, 1.54) is 18.4 Å². The molecular formula is C11H11BrO. The molecule has 1 aliphatic rings. The molecule has 1 fully saturated rings. The first-order valence-electron chi connectivity index (χ1n) is 4.49. The number of hydrogen-bond donors (Lipinski definition) is 0. The van der Waals surface area contributed by atoms with E-state index in [2.05, 4.69) is 22.0 Å². The Bertz CT molecular complexity index is 353. The van der Waals surface area contributed by atoms with Gasteiger partial charge in [0.15, 0.2) is 5.78 Å². The number of halogens is 1. The summed E-state index contributed by atoms with van der Waals surface area (Å²) in [6, 6.07) is 5.93. The van der Waals surface area contributed by atoms with Gasteiger partial charge in [-0.3, -0.25) is 4.79 Å². The molecule has 0 unspecified atom stereocenters. The molecule has 0 saturated heterocycles. The zero-order chi connectivity index (χ0) is 9.42. The van der Waals surface area contributed by atoms with E-state index in [1.807, 2.05) is 12.1 Å². The smallest absolute Gasteiger partial charge is 0.160 e. The summed E-state index contributed by atoms with van der Waals surface area (Å²) < 4.78 is 1.07. The molecule has 1 saturated carbocycles. The molecule has 0 atom stereocenters. The highest BCUT2D eigenvalue weighted by Crippen LogP contribution is 2.42. The highest BCUT2D eigenvalue weighted by molar-refractivity contribution is 9.10. The summed E-state index contributed by atoms with van der Waals surface area (Å²) in [6.45, 7) is 1.63. The first-order valence-corrected chi connectivity index (χ1v) is 5.28. The normalized spacial score (nSPS) is 15.8. The largest absolute Gasteiger partial charge is 0.295 e. The van der Waals surface area contributed by atoms with Crippen molar-refractivity contribution >= 4 is 21.7 Å². The summed E-state index contributed by atoms with van der Waals surface area (Å²) in [5, 5.41) is 0. The van der Waals surface area contributed by atoms with Crippen molar-refractivity contribution in [2.75, 3.05) is 0 Å². The van der Waals surface area contributed by atoms with Crippen LogP contribution >= 0.6 is 15.9 Å². The molecule has 0 heterocycles. The molecule has 2 rings (SSSR count). The molecule has 1 aromatic carbocycles. The topological polar surface area (TPSA) is 17.1 Å². The van der Waals surface area contributed by atoms with Crippen molar-refractivity contribution in [1.29, 1.82) is 0 Å². The fourth-order valence-electron chi connectivity index (χ4n) is 1.59. The Hall–Kier alpha value is -0.630. The van der Waals surface area contributed by atoms with Crippen molar-refractivity contribution in [3.63, 3.8) is 0 Å². The van der Waals surface area contributed by atoms with Gasteiger partial charge in [-0.1, -0.05) is 22.0 Å². The third kappa shape index (κ3) is 1.83. The second-order valence-corrected chi connectivity index (χ2v) is 4.48. The first kappa shape index (κ1) is 8.95. The molecule has 0 bridgehead atoms.